The second-order valence-electron chi connectivity index (χ2n) is 7.13. The summed E-state index contributed by atoms with van der Waals surface area (Å²) in [5, 5.41) is 2.56. The molecule has 2 N–H and O–H groups in total. The van der Waals surface area contributed by atoms with E-state index >= 15 is 0 Å². The van der Waals surface area contributed by atoms with Gasteiger partial charge >= 0.3 is 0 Å². The predicted molar refractivity (Wildman–Crippen MR) is 111 cm³/mol. The lowest BCUT2D eigenvalue weighted by Crippen LogP contribution is -2.07. The van der Waals surface area contributed by atoms with Crippen LogP contribution in [-0.2, 0) is 0 Å². The summed E-state index contributed by atoms with van der Waals surface area (Å²) in [5.41, 5.74) is 8.65. The summed E-state index contributed by atoms with van der Waals surface area (Å²) in [7, 11) is 0. The van der Waals surface area contributed by atoms with Gasteiger partial charge in [0, 0.05) is 45.6 Å². The van der Waals surface area contributed by atoms with E-state index in [0.717, 1.165) is 0 Å². The van der Waals surface area contributed by atoms with E-state index in [0.29, 0.717) is 0 Å². The molecule has 3 nitrogen and oxygen atoms in total. The third-order valence-corrected chi connectivity index (χ3v) is 5.63. The molecule has 5 aromatic rings. The molecule has 27 heavy (non-hydrogen) atoms. The number of nitrogens with zero attached hydrogens (tertiary/aromatic N) is 1. The number of aryl methyl sites for hydroxylation is 2. The van der Waals surface area contributed by atoms with Gasteiger partial charge in [-0.25, -0.2) is 0 Å². The Morgan fingerprint density at radius 1 is 0.667 bits per heavy atom. The summed E-state index contributed by atoms with van der Waals surface area (Å²) in [4.78, 5) is 11.6. The first-order chi connectivity index (χ1) is 13.2. The Hall–Kier alpha value is -3.33. The normalized spacial score (nSPS) is 11.7. The summed E-state index contributed by atoms with van der Waals surface area (Å²) >= 11 is 0. The molecule has 0 saturated heterocycles. The third-order valence-electron chi connectivity index (χ3n) is 5.63. The predicted octanol–water partition coefficient (Wildman–Crippen LogP) is 5.84. The summed E-state index contributed by atoms with van der Waals surface area (Å²) in [6.07, 6.45) is 3.75. The fourth-order valence-electron chi connectivity index (χ4n) is 4.22. The highest BCUT2D eigenvalue weighted by Gasteiger charge is 2.25. The van der Waals surface area contributed by atoms with Gasteiger partial charge in [-0.2, -0.15) is 0 Å². The van der Waals surface area contributed by atoms with Crippen LogP contribution in [0.5, 0.6) is 0 Å². The van der Waals surface area contributed by atoms with Gasteiger partial charge in [0.1, 0.15) is 0 Å². The maximum Gasteiger partial charge on any atom is 0.0648 e. The zero-order chi connectivity index (χ0) is 18.4. The van der Waals surface area contributed by atoms with Crippen LogP contribution in [0.15, 0.2) is 73.1 Å². The van der Waals surface area contributed by atoms with Crippen LogP contribution in [0.3, 0.4) is 0 Å². The zero-order valence-electron chi connectivity index (χ0n) is 15.5. The van der Waals surface area contributed by atoms with Gasteiger partial charge in [-0.15, -0.1) is 0 Å². The number of para-hydroxylation sites is 2. The van der Waals surface area contributed by atoms with E-state index < -0.39 is 0 Å². The molecule has 5 rings (SSSR count). The van der Waals surface area contributed by atoms with E-state index in [1.807, 2.05) is 12.4 Å². The monoisotopic (exact) mass is 351 g/mol. The Balaban J connectivity index is 1.81. The van der Waals surface area contributed by atoms with Crippen LogP contribution >= 0.6 is 0 Å². The van der Waals surface area contributed by atoms with Crippen LogP contribution in [0.25, 0.3) is 21.8 Å². The van der Waals surface area contributed by atoms with E-state index in [1.54, 1.807) is 0 Å². The molecule has 2 aromatic carbocycles. The topological polar surface area (TPSA) is 44.5 Å². The van der Waals surface area contributed by atoms with Crippen molar-refractivity contribution in [3.05, 3.63) is 101 Å². The van der Waals surface area contributed by atoms with Gasteiger partial charge < -0.3 is 9.97 Å². The lowest BCUT2D eigenvalue weighted by atomic mass is 9.89. The number of nitrogens with one attached hydrogen (secondary N) is 2. The molecular weight excluding hydrogens is 330 g/mol. The number of benzene rings is 2. The average Bonchev–Trinajstić information content (AvgIpc) is 3.22. The fourth-order valence-corrected chi connectivity index (χ4v) is 4.22. The number of fused-ring (bicyclic) bond motifs is 2. The highest BCUT2D eigenvalue weighted by Crippen LogP contribution is 2.38. The number of aromatic amines is 2. The van der Waals surface area contributed by atoms with Gasteiger partial charge in [0.25, 0.3) is 0 Å². The second kappa shape index (κ2) is 6.13. The van der Waals surface area contributed by atoms with Crippen LogP contribution in [0.4, 0.5) is 0 Å². The second-order valence-corrected chi connectivity index (χ2v) is 7.13. The third kappa shape index (κ3) is 2.47. The fraction of sp³-hybridized carbons (Fsp3) is 0.125. The standard InChI is InChI=1S/C24H21N3/c1-15-18-7-3-5-9-20(18)26-23(15)22(17-11-13-25-14-12-17)24-16(2)19-8-4-6-10-21(19)27-24/h3-14,22,26-27H,1-2H3. The van der Waals surface area contributed by atoms with Gasteiger partial charge in [-0.1, -0.05) is 36.4 Å². The molecule has 0 radical (unpaired) electrons. The van der Waals surface area contributed by atoms with Gasteiger partial charge in [0.15, 0.2) is 0 Å². The van der Waals surface area contributed by atoms with Gasteiger partial charge in [-0.3, -0.25) is 4.98 Å². The van der Waals surface area contributed by atoms with Gasteiger partial charge in [0.2, 0.25) is 0 Å². The molecule has 0 aliphatic rings. The molecule has 0 aliphatic carbocycles. The number of aromatic nitrogens is 3. The van der Waals surface area contributed by atoms with E-state index in [2.05, 4.69) is 89.5 Å². The SMILES string of the molecule is Cc1c(C(c2ccncc2)c2[nH]c3ccccc3c2C)[nH]c2ccccc12. The maximum absolute atomic E-state index is 4.23. The molecular formula is C24H21N3. The number of hydrogen-bond donors (Lipinski definition) is 2. The molecule has 0 saturated carbocycles. The molecule has 0 aliphatic heterocycles. The maximum atomic E-state index is 4.23. The van der Waals surface area contributed by atoms with Crippen LogP contribution < -0.4 is 0 Å². The number of hydrogen-bond acceptors (Lipinski definition) is 1. The molecule has 132 valence electrons. The van der Waals surface area contributed by atoms with Crippen molar-refractivity contribution in [1.29, 1.82) is 0 Å². The van der Waals surface area contributed by atoms with E-state index in [-0.39, 0.29) is 5.92 Å². The number of pyridine rings is 1. The smallest absolute Gasteiger partial charge is 0.0648 e. The van der Waals surface area contributed by atoms with Crippen LogP contribution in [0.1, 0.15) is 34.0 Å². The number of H-pyrrole nitrogens is 2. The van der Waals surface area contributed by atoms with Gasteiger partial charge in [-0.05, 0) is 54.8 Å². The zero-order valence-corrected chi connectivity index (χ0v) is 15.5. The highest BCUT2D eigenvalue weighted by molar-refractivity contribution is 5.87. The first-order valence-corrected chi connectivity index (χ1v) is 9.28. The Morgan fingerprint density at radius 2 is 1.15 bits per heavy atom. The van der Waals surface area contributed by atoms with Crippen molar-refractivity contribution in [2.45, 2.75) is 19.8 Å². The van der Waals surface area contributed by atoms with Crippen molar-refractivity contribution in [2.24, 2.45) is 0 Å². The van der Waals surface area contributed by atoms with E-state index in [1.165, 1.54) is 49.9 Å². The molecule has 0 amide bonds. The first kappa shape index (κ1) is 15.9. The molecule has 3 heterocycles. The summed E-state index contributed by atoms with van der Waals surface area (Å²) in [5.74, 6) is 0.104. The Bertz CT molecular complexity index is 1160. The minimum atomic E-state index is 0.104. The molecule has 3 aromatic heterocycles. The van der Waals surface area contributed by atoms with Crippen molar-refractivity contribution in [1.82, 2.24) is 15.0 Å². The van der Waals surface area contributed by atoms with Crippen molar-refractivity contribution in [3.63, 3.8) is 0 Å². The lowest BCUT2D eigenvalue weighted by Gasteiger charge is -2.18. The summed E-state index contributed by atoms with van der Waals surface area (Å²) in [6, 6.07) is 21.3. The van der Waals surface area contributed by atoms with Crippen molar-refractivity contribution < 1.29 is 0 Å². The molecule has 0 bridgehead atoms. The largest absolute Gasteiger partial charge is 0.357 e. The van der Waals surface area contributed by atoms with Crippen LogP contribution in [-0.4, -0.2) is 15.0 Å². The minimum absolute atomic E-state index is 0.104. The van der Waals surface area contributed by atoms with Crippen molar-refractivity contribution >= 4 is 21.8 Å². The molecule has 0 fully saturated rings. The Morgan fingerprint density at radius 3 is 1.63 bits per heavy atom. The minimum Gasteiger partial charge on any atom is -0.357 e. The average molecular weight is 351 g/mol. The summed E-state index contributed by atoms with van der Waals surface area (Å²) in [6.45, 7) is 4.42. The molecule has 0 unspecified atom stereocenters. The quantitative estimate of drug-likeness (QED) is 0.421. The van der Waals surface area contributed by atoms with Crippen LogP contribution in [0, 0.1) is 13.8 Å². The lowest BCUT2D eigenvalue weighted by molar-refractivity contribution is 0.883. The van der Waals surface area contributed by atoms with E-state index in [4.69, 9.17) is 0 Å². The van der Waals surface area contributed by atoms with Crippen molar-refractivity contribution in [3.8, 4) is 0 Å². The van der Waals surface area contributed by atoms with Gasteiger partial charge in [0.05, 0.1) is 5.92 Å². The first-order valence-electron chi connectivity index (χ1n) is 9.28. The molecule has 3 heteroatoms. The summed E-state index contributed by atoms with van der Waals surface area (Å²) < 4.78 is 0. The molecule has 0 atom stereocenters. The Kier molecular flexibility index (Phi) is 3.61. The van der Waals surface area contributed by atoms with Crippen molar-refractivity contribution in [2.75, 3.05) is 0 Å². The highest BCUT2D eigenvalue weighted by atomic mass is 14.8. The van der Waals surface area contributed by atoms with E-state index in [9.17, 15) is 0 Å². The van der Waals surface area contributed by atoms with Crippen LogP contribution in [0.2, 0.25) is 0 Å². The Labute approximate surface area is 158 Å². The number of rotatable bonds is 3. The molecule has 0 spiro atoms.